The molecule has 2 aromatic carbocycles. The van der Waals surface area contributed by atoms with Crippen molar-refractivity contribution in [1.82, 2.24) is 15.5 Å². The molecule has 0 spiro atoms. The molecule has 1 heterocycles. The molecule has 1 amide bonds. The van der Waals surface area contributed by atoms with Crippen LogP contribution in [0.5, 0.6) is 0 Å². The van der Waals surface area contributed by atoms with Gasteiger partial charge in [0.2, 0.25) is 5.82 Å². The normalized spacial score (nSPS) is 12.3. The Labute approximate surface area is 189 Å². The van der Waals surface area contributed by atoms with Gasteiger partial charge in [-0.3, -0.25) is 9.59 Å². The van der Waals surface area contributed by atoms with Gasteiger partial charge >= 0.3 is 12.1 Å². The zero-order valence-electron chi connectivity index (χ0n) is 17.7. The third kappa shape index (κ3) is 6.36. The third-order valence-electron chi connectivity index (χ3n) is 4.56. The van der Waals surface area contributed by atoms with E-state index in [0.717, 1.165) is 24.3 Å². The number of aromatic nitrogens is 2. The largest absolute Gasteiger partial charge is 0.453 e. The van der Waals surface area contributed by atoms with Crippen molar-refractivity contribution in [2.45, 2.75) is 32.0 Å². The maximum atomic E-state index is 13.6. The van der Waals surface area contributed by atoms with E-state index in [2.05, 4.69) is 15.5 Å². The number of nitrogens with zero attached hydrogens (tertiary/aromatic N) is 2. The van der Waals surface area contributed by atoms with Crippen LogP contribution in [0.3, 0.4) is 0 Å². The maximum absolute atomic E-state index is 13.6. The van der Waals surface area contributed by atoms with Crippen LogP contribution in [0.2, 0.25) is 0 Å². The van der Waals surface area contributed by atoms with E-state index >= 15 is 0 Å². The Morgan fingerprint density at radius 3 is 2.62 bits per heavy atom. The lowest BCUT2D eigenvalue weighted by atomic mass is 10.1. The number of amides is 1. The summed E-state index contributed by atoms with van der Waals surface area (Å²) in [5.41, 5.74) is -1.12. The fourth-order valence-electron chi connectivity index (χ4n) is 2.86. The van der Waals surface area contributed by atoms with Crippen LogP contribution in [-0.4, -0.2) is 28.6 Å². The van der Waals surface area contributed by atoms with Crippen LogP contribution >= 0.6 is 0 Å². The van der Waals surface area contributed by atoms with E-state index in [0.29, 0.717) is 6.07 Å². The molecule has 0 bridgehead atoms. The average Bonchev–Trinajstić information content (AvgIpc) is 3.27. The van der Waals surface area contributed by atoms with Crippen molar-refractivity contribution in [2.24, 2.45) is 0 Å². The van der Waals surface area contributed by atoms with E-state index in [-0.39, 0.29) is 42.2 Å². The topological polar surface area (TPSA) is 94.3 Å². The number of carbonyl (C=O) groups is 2. The second-order valence-electron chi connectivity index (χ2n) is 7.15. The van der Waals surface area contributed by atoms with Crippen LogP contribution < -0.4 is 5.32 Å². The van der Waals surface area contributed by atoms with E-state index in [9.17, 15) is 31.5 Å². The number of esters is 1. The van der Waals surface area contributed by atoms with Crippen molar-refractivity contribution >= 4 is 11.9 Å². The van der Waals surface area contributed by atoms with Gasteiger partial charge in [0.05, 0.1) is 11.1 Å². The molecule has 34 heavy (non-hydrogen) atoms. The summed E-state index contributed by atoms with van der Waals surface area (Å²) in [6.45, 7) is 1.47. The molecule has 1 atom stereocenters. The summed E-state index contributed by atoms with van der Waals surface area (Å²) in [5.74, 6) is -3.44. The van der Waals surface area contributed by atoms with Crippen molar-refractivity contribution < 1.29 is 40.8 Å². The maximum Gasteiger partial charge on any atom is 0.416 e. The molecule has 12 heteroatoms. The Hall–Kier alpha value is -3.83. The van der Waals surface area contributed by atoms with Gasteiger partial charge in [-0.05, 0) is 37.6 Å². The first kappa shape index (κ1) is 24.8. The second-order valence-corrected chi connectivity index (χ2v) is 7.15. The van der Waals surface area contributed by atoms with Gasteiger partial charge in [0, 0.05) is 24.6 Å². The molecule has 3 rings (SSSR count). The summed E-state index contributed by atoms with van der Waals surface area (Å²) in [4.78, 5) is 27.9. The number of alkyl halides is 3. The summed E-state index contributed by atoms with van der Waals surface area (Å²) in [6, 6.07) is 6.92. The van der Waals surface area contributed by atoms with Gasteiger partial charge in [0.15, 0.2) is 6.10 Å². The quantitative estimate of drug-likeness (QED) is 0.280. The highest BCUT2D eigenvalue weighted by molar-refractivity contribution is 5.94. The molecule has 1 unspecified atom stereocenters. The van der Waals surface area contributed by atoms with E-state index < -0.39 is 41.4 Å². The number of carbonyl (C=O) groups excluding carboxylic acids is 2. The first-order chi connectivity index (χ1) is 16.0. The number of hydrogen-bond acceptors (Lipinski definition) is 6. The number of benzene rings is 2. The third-order valence-corrected chi connectivity index (χ3v) is 4.56. The van der Waals surface area contributed by atoms with Gasteiger partial charge in [-0.1, -0.05) is 17.3 Å². The Morgan fingerprint density at radius 2 is 1.91 bits per heavy atom. The summed E-state index contributed by atoms with van der Waals surface area (Å²) in [5, 5.41) is 6.03. The standard InChI is InChI=1S/C22H18F5N3O4/c1-12(21-29-19(30-34-21)13-4-2-5-14(10-13)22(25,26)27)33-18(31)6-3-9-28-20(32)16-8-7-15(23)11-17(16)24/h2,4-5,7-8,10-12H,3,6,9H2,1H3,(H,28,32). The molecule has 0 radical (unpaired) electrons. The molecule has 0 aliphatic carbocycles. The Balaban J connectivity index is 1.48. The lowest BCUT2D eigenvalue weighted by Crippen LogP contribution is -2.26. The van der Waals surface area contributed by atoms with Gasteiger partial charge in [0.25, 0.3) is 11.8 Å². The van der Waals surface area contributed by atoms with Crippen molar-refractivity contribution in [3.63, 3.8) is 0 Å². The number of nitrogens with one attached hydrogen (secondary N) is 1. The first-order valence-electron chi connectivity index (χ1n) is 9.98. The predicted octanol–water partition coefficient (Wildman–Crippen LogP) is 4.85. The van der Waals surface area contributed by atoms with E-state index in [4.69, 9.17) is 9.26 Å². The van der Waals surface area contributed by atoms with Gasteiger partial charge < -0.3 is 14.6 Å². The van der Waals surface area contributed by atoms with Crippen LogP contribution in [0.15, 0.2) is 47.0 Å². The molecule has 0 aliphatic rings. The SMILES string of the molecule is CC(OC(=O)CCCNC(=O)c1ccc(F)cc1F)c1nc(-c2cccc(C(F)(F)F)c2)no1. The van der Waals surface area contributed by atoms with Crippen molar-refractivity contribution in [3.05, 3.63) is 71.1 Å². The Bertz CT molecular complexity index is 1180. The first-order valence-corrected chi connectivity index (χ1v) is 9.98. The summed E-state index contributed by atoms with van der Waals surface area (Å²) >= 11 is 0. The fraction of sp³-hybridized carbons (Fsp3) is 0.273. The summed E-state index contributed by atoms with van der Waals surface area (Å²) in [7, 11) is 0. The lowest BCUT2D eigenvalue weighted by molar-refractivity contribution is -0.149. The van der Waals surface area contributed by atoms with E-state index in [1.165, 1.54) is 19.1 Å². The summed E-state index contributed by atoms with van der Waals surface area (Å²) in [6.07, 6.45) is -5.44. The number of halogens is 5. The van der Waals surface area contributed by atoms with Gasteiger partial charge in [-0.2, -0.15) is 18.2 Å². The van der Waals surface area contributed by atoms with Gasteiger partial charge in [-0.15, -0.1) is 0 Å². The molecule has 0 aliphatic heterocycles. The lowest BCUT2D eigenvalue weighted by Gasteiger charge is -2.09. The van der Waals surface area contributed by atoms with Crippen LogP contribution in [0, 0.1) is 11.6 Å². The molecule has 0 fully saturated rings. The van der Waals surface area contributed by atoms with Crippen LogP contribution in [-0.2, 0) is 15.7 Å². The Morgan fingerprint density at radius 1 is 1.15 bits per heavy atom. The molecule has 1 aromatic heterocycles. The molecule has 180 valence electrons. The average molecular weight is 483 g/mol. The summed E-state index contributed by atoms with van der Waals surface area (Å²) < 4.78 is 75.3. The van der Waals surface area contributed by atoms with E-state index in [1.807, 2.05) is 0 Å². The second kappa shape index (κ2) is 10.4. The monoisotopic (exact) mass is 483 g/mol. The molecule has 0 saturated carbocycles. The number of ether oxygens (including phenoxy) is 1. The minimum absolute atomic E-state index is 0.0272. The van der Waals surface area contributed by atoms with E-state index in [1.54, 1.807) is 0 Å². The molecular formula is C22H18F5N3O4. The Kier molecular flexibility index (Phi) is 7.59. The zero-order valence-corrected chi connectivity index (χ0v) is 17.7. The number of rotatable bonds is 8. The molecule has 1 N–H and O–H groups in total. The van der Waals surface area contributed by atoms with Gasteiger partial charge in [-0.25, -0.2) is 8.78 Å². The number of hydrogen-bond donors (Lipinski definition) is 1. The highest BCUT2D eigenvalue weighted by Gasteiger charge is 2.31. The fourth-order valence-corrected chi connectivity index (χ4v) is 2.86. The molecule has 3 aromatic rings. The molecule has 7 nitrogen and oxygen atoms in total. The van der Waals surface area contributed by atoms with Crippen molar-refractivity contribution in [1.29, 1.82) is 0 Å². The van der Waals surface area contributed by atoms with Crippen molar-refractivity contribution in [3.8, 4) is 11.4 Å². The minimum atomic E-state index is -4.53. The van der Waals surface area contributed by atoms with Gasteiger partial charge in [0.1, 0.15) is 11.6 Å². The molecule has 0 saturated heterocycles. The van der Waals surface area contributed by atoms with Crippen LogP contribution in [0.4, 0.5) is 22.0 Å². The highest BCUT2D eigenvalue weighted by atomic mass is 19.4. The van der Waals surface area contributed by atoms with Crippen molar-refractivity contribution in [2.75, 3.05) is 6.54 Å². The minimum Gasteiger partial charge on any atom is -0.453 e. The smallest absolute Gasteiger partial charge is 0.416 e. The highest BCUT2D eigenvalue weighted by Crippen LogP contribution is 2.31. The molecular weight excluding hydrogens is 465 g/mol. The van der Waals surface area contributed by atoms with Crippen LogP contribution in [0.1, 0.15) is 47.7 Å². The predicted molar refractivity (Wildman–Crippen MR) is 107 cm³/mol. The van der Waals surface area contributed by atoms with Crippen LogP contribution in [0.25, 0.3) is 11.4 Å². The zero-order chi connectivity index (χ0) is 24.9.